The summed E-state index contributed by atoms with van der Waals surface area (Å²) < 4.78 is 11.5. The fourth-order valence-corrected chi connectivity index (χ4v) is 2.98. The van der Waals surface area contributed by atoms with E-state index < -0.39 is 0 Å². The molecule has 148 valence electrons. The average Bonchev–Trinajstić information content (AvgIpc) is 3.09. The van der Waals surface area contributed by atoms with Crippen LogP contribution in [-0.4, -0.2) is 12.5 Å². The summed E-state index contributed by atoms with van der Waals surface area (Å²) in [4.78, 5) is 12.4. The van der Waals surface area contributed by atoms with Crippen LogP contribution in [0.25, 0.3) is 11.3 Å². The van der Waals surface area contributed by atoms with Crippen LogP contribution in [0.1, 0.15) is 42.0 Å². The smallest absolute Gasteiger partial charge is 0.264 e. The zero-order chi connectivity index (χ0) is 21.0. The van der Waals surface area contributed by atoms with Gasteiger partial charge in [0.25, 0.3) is 5.91 Å². The lowest BCUT2D eigenvalue weighted by molar-refractivity contribution is -0.118. The zero-order valence-electron chi connectivity index (χ0n) is 17.1. The molecule has 2 aromatic carbocycles. The first-order valence-electron chi connectivity index (χ1n) is 9.51. The number of carbonyl (C=O) groups excluding carboxylic acids is 1. The summed E-state index contributed by atoms with van der Waals surface area (Å²) in [6.07, 6.45) is 0. The van der Waals surface area contributed by atoms with Gasteiger partial charge in [0, 0.05) is 11.6 Å². The monoisotopic (exact) mass is 388 g/mol. The van der Waals surface area contributed by atoms with Crippen molar-refractivity contribution in [1.82, 2.24) is 0 Å². The maximum Gasteiger partial charge on any atom is 0.264 e. The first-order chi connectivity index (χ1) is 13.9. The van der Waals surface area contributed by atoms with Crippen LogP contribution >= 0.6 is 0 Å². The Labute approximate surface area is 170 Å². The molecule has 0 aliphatic rings. The second kappa shape index (κ2) is 8.66. The Morgan fingerprint density at radius 1 is 1.10 bits per heavy atom. The van der Waals surface area contributed by atoms with Gasteiger partial charge in [0.15, 0.2) is 6.61 Å². The molecular weight excluding hydrogens is 364 g/mol. The predicted octanol–water partition coefficient (Wildman–Crippen LogP) is 5.58. The molecule has 1 heterocycles. The van der Waals surface area contributed by atoms with Crippen molar-refractivity contribution in [3.63, 3.8) is 0 Å². The highest BCUT2D eigenvalue weighted by Crippen LogP contribution is 2.30. The number of nitrogens with one attached hydrogen (secondary N) is 1. The molecular formula is C24H24N2O3. The number of ether oxygens (including phenoxy) is 1. The zero-order valence-corrected chi connectivity index (χ0v) is 17.1. The Morgan fingerprint density at radius 2 is 1.79 bits per heavy atom. The lowest BCUT2D eigenvalue weighted by Crippen LogP contribution is -2.20. The largest absolute Gasteiger partial charge is 0.483 e. The highest BCUT2D eigenvalue weighted by molar-refractivity contribution is 5.92. The molecule has 1 N–H and O–H groups in total. The molecule has 0 aliphatic carbocycles. The van der Waals surface area contributed by atoms with E-state index >= 15 is 0 Å². The predicted molar refractivity (Wildman–Crippen MR) is 113 cm³/mol. The highest BCUT2D eigenvalue weighted by atomic mass is 16.5. The molecule has 29 heavy (non-hydrogen) atoms. The van der Waals surface area contributed by atoms with Gasteiger partial charge in [-0.1, -0.05) is 55.8 Å². The molecule has 0 fully saturated rings. The Kier molecular flexibility index (Phi) is 6.04. The molecule has 0 saturated carbocycles. The number of furan rings is 1. The van der Waals surface area contributed by atoms with Crippen molar-refractivity contribution < 1.29 is 13.9 Å². The summed E-state index contributed by atoms with van der Waals surface area (Å²) in [7, 11) is 0. The summed E-state index contributed by atoms with van der Waals surface area (Å²) in [6.45, 7) is 7.95. The van der Waals surface area contributed by atoms with Gasteiger partial charge in [-0.15, -0.1) is 0 Å². The van der Waals surface area contributed by atoms with Crippen LogP contribution < -0.4 is 10.1 Å². The number of hydrogen-bond donors (Lipinski definition) is 1. The van der Waals surface area contributed by atoms with Crippen LogP contribution in [0.15, 0.2) is 52.9 Å². The van der Waals surface area contributed by atoms with Crippen LogP contribution in [0.2, 0.25) is 0 Å². The third kappa shape index (κ3) is 4.85. The number of rotatable bonds is 6. The molecule has 0 bridgehead atoms. The number of aryl methyl sites for hydroxylation is 2. The first kappa shape index (κ1) is 20.2. The van der Waals surface area contributed by atoms with Crippen LogP contribution in [0.4, 0.5) is 5.88 Å². The summed E-state index contributed by atoms with van der Waals surface area (Å²) in [5, 5.41) is 12.0. The lowest BCUT2D eigenvalue weighted by atomic mass is 10.0. The van der Waals surface area contributed by atoms with Gasteiger partial charge in [0.1, 0.15) is 23.1 Å². The molecule has 5 nitrogen and oxygen atoms in total. The Balaban J connectivity index is 1.72. The molecule has 0 radical (unpaired) electrons. The van der Waals surface area contributed by atoms with E-state index in [1.807, 2.05) is 56.3 Å². The first-order valence-corrected chi connectivity index (χ1v) is 9.51. The number of hydrogen-bond acceptors (Lipinski definition) is 4. The third-order valence-corrected chi connectivity index (χ3v) is 4.59. The van der Waals surface area contributed by atoms with Crippen molar-refractivity contribution >= 4 is 11.8 Å². The quantitative estimate of drug-likeness (QED) is 0.598. The minimum absolute atomic E-state index is 0.130. The Bertz CT molecular complexity index is 1060. The van der Waals surface area contributed by atoms with Gasteiger partial charge in [-0.2, -0.15) is 5.26 Å². The van der Waals surface area contributed by atoms with Crippen LogP contribution in [0, 0.1) is 25.2 Å². The second-order valence-electron chi connectivity index (χ2n) is 7.36. The topological polar surface area (TPSA) is 75.3 Å². The summed E-state index contributed by atoms with van der Waals surface area (Å²) in [6, 6.07) is 17.4. The van der Waals surface area contributed by atoms with Gasteiger partial charge in [-0.25, -0.2) is 0 Å². The van der Waals surface area contributed by atoms with Crippen molar-refractivity contribution in [3.8, 4) is 23.1 Å². The van der Waals surface area contributed by atoms with Gasteiger partial charge in [0.05, 0.1) is 0 Å². The molecule has 1 aromatic heterocycles. The van der Waals surface area contributed by atoms with Crippen molar-refractivity contribution in [2.24, 2.45) is 0 Å². The van der Waals surface area contributed by atoms with E-state index in [4.69, 9.17) is 9.15 Å². The second-order valence-corrected chi connectivity index (χ2v) is 7.36. The van der Waals surface area contributed by atoms with Crippen molar-refractivity contribution in [3.05, 3.63) is 70.8 Å². The Hall–Kier alpha value is -3.52. The van der Waals surface area contributed by atoms with E-state index in [1.165, 1.54) is 0 Å². The summed E-state index contributed by atoms with van der Waals surface area (Å²) in [5.41, 5.74) is 4.34. The minimum atomic E-state index is -0.387. The summed E-state index contributed by atoms with van der Waals surface area (Å²) in [5.74, 6) is 1.24. The van der Waals surface area contributed by atoms with Crippen LogP contribution in [0.3, 0.4) is 0 Å². The van der Waals surface area contributed by atoms with E-state index in [2.05, 4.69) is 25.2 Å². The van der Waals surface area contributed by atoms with Gasteiger partial charge in [-0.3, -0.25) is 10.1 Å². The van der Waals surface area contributed by atoms with Crippen LogP contribution in [-0.2, 0) is 4.79 Å². The minimum Gasteiger partial charge on any atom is -0.483 e. The molecule has 0 aliphatic heterocycles. The molecule has 3 aromatic rings. The number of anilines is 1. The van der Waals surface area contributed by atoms with Crippen molar-refractivity contribution in [2.75, 3.05) is 11.9 Å². The van der Waals surface area contributed by atoms with Crippen LogP contribution in [0.5, 0.6) is 5.75 Å². The molecule has 0 spiro atoms. The number of nitrogens with zero attached hydrogens (tertiary/aromatic N) is 1. The fraction of sp³-hybridized carbons (Fsp3) is 0.250. The summed E-state index contributed by atoms with van der Waals surface area (Å²) >= 11 is 0. The third-order valence-electron chi connectivity index (χ3n) is 4.59. The highest BCUT2D eigenvalue weighted by Gasteiger charge is 2.16. The normalized spacial score (nSPS) is 10.6. The maximum absolute atomic E-state index is 12.4. The molecule has 5 heteroatoms. The standard InChI is InChI=1S/C24H24N2O3/c1-15(2)20-10-7-17(4)11-22(20)28-14-23(27)26-24-19(13-25)12-21(29-24)18-8-5-16(3)6-9-18/h5-12,15H,14H2,1-4H3,(H,26,27). The average molecular weight is 388 g/mol. The lowest BCUT2D eigenvalue weighted by Gasteiger charge is -2.14. The van der Waals surface area contributed by atoms with Gasteiger partial charge >= 0.3 is 0 Å². The van der Waals surface area contributed by atoms with Crippen molar-refractivity contribution in [2.45, 2.75) is 33.6 Å². The molecule has 0 saturated heterocycles. The molecule has 0 atom stereocenters. The number of amides is 1. The Morgan fingerprint density at radius 3 is 2.45 bits per heavy atom. The van der Waals surface area contributed by atoms with E-state index in [9.17, 15) is 10.1 Å². The number of nitriles is 1. The molecule has 1 amide bonds. The fourth-order valence-electron chi connectivity index (χ4n) is 2.98. The number of carbonyl (C=O) groups is 1. The van der Waals surface area contributed by atoms with E-state index in [-0.39, 0.29) is 29.9 Å². The van der Waals surface area contributed by atoms with E-state index in [1.54, 1.807) is 6.07 Å². The SMILES string of the molecule is Cc1ccc(-c2cc(C#N)c(NC(=O)COc3cc(C)ccc3C(C)C)o2)cc1. The van der Waals surface area contributed by atoms with Gasteiger partial charge in [0.2, 0.25) is 5.88 Å². The van der Waals surface area contributed by atoms with E-state index in [0.29, 0.717) is 11.5 Å². The van der Waals surface area contributed by atoms with Gasteiger partial charge in [-0.05, 0) is 37.0 Å². The maximum atomic E-state index is 12.4. The number of benzene rings is 2. The van der Waals surface area contributed by atoms with E-state index in [0.717, 1.165) is 22.3 Å². The molecule has 3 rings (SSSR count). The molecule has 0 unspecified atom stereocenters. The van der Waals surface area contributed by atoms with Gasteiger partial charge < -0.3 is 9.15 Å². The van der Waals surface area contributed by atoms with Crippen molar-refractivity contribution in [1.29, 1.82) is 5.26 Å².